The van der Waals surface area contributed by atoms with Crippen LogP contribution in [0.25, 0.3) is 0 Å². The summed E-state index contributed by atoms with van der Waals surface area (Å²) < 4.78 is 34.6. The van der Waals surface area contributed by atoms with E-state index in [1.165, 1.54) is 4.31 Å². The minimum Gasteiger partial charge on any atom is -0.374 e. The fraction of sp³-hybridized carbons (Fsp3) is 0.750. The quantitative estimate of drug-likeness (QED) is 0.755. The molecule has 0 N–H and O–H groups in total. The number of nitrogens with zero attached hydrogens (tertiary/aromatic N) is 3. The molecule has 6 nitrogen and oxygen atoms in total. The smallest absolute Gasteiger partial charge is 0.247 e. The molecule has 20 heavy (non-hydrogen) atoms. The van der Waals surface area contributed by atoms with Gasteiger partial charge in [-0.1, -0.05) is 15.9 Å². The lowest BCUT2D eigenvalue weighted by Crippen LogP contribution is -2.51. The van der Waals surface area contributed by atoms with Gasteiger partial charge in [0.2, 0.25) is 10.0 Å². The van der Waals surface area contributed by atoms with Gasteiger partial charge >= 0.3 is 0 Å². The van der Waals surface area contributed by atoms with E-state index in [2.05, 4.69) is 21.0 Å². The first-order valence-corrected chi connectivity index (χ1v) is 9.04. The molecule has 1 aliphatic heterocycles. The van der Waals surface area contributed by atoms with Gasteiger partial charge in [-0.05, 0) is 20.8 Å². The van der Waals surface area contributed by atoms with Crippen LogP contribution in [0.1, 0.15) is 18.3 Å². The molecule has 1 aromatic heterocycles. The van der Waals surface area contributed by atoms with Crippen LogP contribution in [0.2, 0.25) is 0 Å². The van der Waals surface area contributed by atoms with Crippen LogP contribution in [0, 0.1) is 13.8 Å². The molecule has 2 unspecified atom stereocenters. The van der Waals surface area contributed by atoms with Gasteiger partial charge in [0, 0.05) is 25.0 Å². The fourth-order valence-electron chi connectivity index (χ4n) is 2.46. The molecule has 114 valence electrons. The molecule has 0 amide bonds. The van der Waals surface area contributed by atoms with E-state index in [1.807, 2.05) is 6.92 Å². The molecule has 2 rings (SSSR count). The monoisotopic (exact) mass is 365 g/mol. The van der Waals surface area contributed by atoms with E-state index in [0.29, 0.717) is 34.8 Å². The molecular weight excluding hydrogens is 346 g/mol. The molecule has 0 radical (unpaired) electrons. The van der Waals surface area contributed by atoms with E-state index >= 15 is 0 Å². The van der Waals surface area contributed by atoms with Crippen molar-refractivity contribution in [3.8, 4) is 0 Å². The van der Waals surface area contributed by atoms with Gasteiger partial charge in [0.1, 0.15) is 4.90 Å². The van der Waals surface area contributed by atoms with Crippen LogP contribution in [-0.4, -0.2) is 53.1 Å². The van der Waals surface area contributed by atoms with Gasteiger partial charge in [0.05, 0.1) is 24.1 Å². The Morgan fingerprint density at radius 1 is 1.45 bits per heavy atom. The fourth-order valence-corrected chi connectivity index (χ4v) is 4.91. The molecule has 0 spiro atoms. The lowest BCUT2D eigenvalue weighted by molar-refractivity contribution is -0.0139. The summed E-state index contributed by atoms with van der Waals surface area (Å²) >= 11 is 3.35. The molecule has 0 bridgehead atoms. The normalized spacial score (nSPS) is 25.1. The van der Waals surface area contributed by atoms with Gasteiger partial charge < -0.3 is 4.74 Å². The van der Waals surface area contributed by atoms with Crippen molar-refractivity contribution in [3.05, 3.63) is 11.4 Å². The van der Waals surface area contributed by atoms with Crippen molar-refractivity contribution in [1.82, 2.24) is 14.1 Å². The third kappa shape index (κ3) is 2.66. The number of hydrogen-bond donors (Lipinski definition) is 0. The first-order valence-electron chi connectivity index (χ1n) is 6.48. The van der Waals surface area contributed by atoms with Crippen LogP contribution < -0.4 is 0 Å². The van der Waals surface area contributed by atoms with E-state index in [-0.39, 0.29) is 12.1 Å². The van der Waals surface area contributed by atoms with Crippen LogP contribution in [0.3, 0.4) is 0 Å². The van der Waals surface area contributed by atoms with Crippen LogP contribution in [-0.2, 0) is 21.8 Å². The van der Waals surface area contributed by atoms with E-state index in [4.69, 9.17) is 4.74 Å². The molecule has 8 heteroatoms. The highest BCUT2D eigenvalue weighted by molar-refractivity contribution is 9.09. The average molecular weight is 366 g/mol. The predicted molar refractivity (Wildman–Crippen MR) is 79.6 cm³/mol. The SMILES string of the molecule is Cc1nn(C)c(C)c1S(=O)(=O)N1CC(CBr)OCC1C. The molecule has 1 saturated heterocycles. The number of hydrogen-bond acceptors (Lipinski definition) is 4. The summed E-state index contributed by atoms with van der Waals surface area (Å²) in [4.78, 5) is 0.321. The Morgan fingerprint density at radius 2 is 2.10 bits per heavy atom. The largest absolute Gasteiger partial charge is 0.374 e. The number of rotatable bonds is 3. The second-order valence-corrected chi connectivity index (χ2v) is 7.63. The number of aromatic nitrogens is 2. The van der Waals surface area contributed by atoms with Crippen molar-refractivity contribution in [2.75, 3.05) is 18.5 Å². The highest BCUT2D eigenvalue weighted by atomic mass is 79.9. The molecular formula is C12H20BrN3O3S. The van der Waals surface area contributed by atoms with Gasteiger partial charge in [-0.3, -0.25) is 4.68 Å². The van der Waals surface area contributed by atoms with Crippen molar-refractivity contribution in [2.24, 2.45) is 7.05 Å². The second kappa shape index (κ2) is 5.75. The Bertz CT molecular complexity index is 599. The molecule has 1 fully saturated rings. The summed E-state index contributed by atoms with van der Waals surface area (Å²) in [5.74, 6) is 0. The summed E-state index contributed by atoms with van der Waals surface area (Å²) in [6, 6.07) is -0.172. The van der Waals surface area contributed by atoms with Gasteiger partial charge in [-0.2, -0.15) is 9.40 Å². The number of alkyl halides is 1. The first-order chi connectivity index (χ1) is 9.28. The Balaban J connectivity index is 2.43. The number of sulfonamides is 1. The van der Waals surface area contributed by atoms with Crippen LogP contribution >= 0.6 is 15.9 Å². The number of morpholine rings is 1. The molecule has 0 saturated carbocycles. The zero-order valence-electron chi connectivity index (χ0n) is 12.1. The zero-order chi connectivity index (χ0) is 15.1. The first kappa shape index (κ1) is 15.9. The third-order valence-electron chi connectivity index (χ3n) is 3.63. The van der Waals surface area contributed by atoms with Gasteiger partial charge in [-0.15, -0.1) is 0 Å². The molecule has 0 aliphatic carbocycles. The minimum atomic E-state index is -3.55. The van der Waals surface area contributed by atoms with Gasteiger partial charge in [0.15, 0.2) is 0 Å². The Hall–Kier alpha value is -0.440. The average Bonchev–Trinajstić information content (AvgIpc) is 2.64. The van der Waals surface area contributed by atoms with E-state index in [1.54, 1.807) is 25.6 Å². The summed E-state index contributed by atoms with van der Waals surface area (Å²) in [6.45, 7) is 6.15. The van der Waals surface area contributed by atoms with Crippen molar-refractivity contribution in [2.45, 2.75) is 37.8 Å². The Labute approximate surface area is 128 Å². The highest BCUT2D eigenvalue weighted by Crippen LogP contribution is 2.27. The summed E-state index contributed by atoms with van der Waals surface area (Å²) in [5, 5.41) is 4.83. The van der Waals surface area contributed by atoms with Crippen LogP contribution in [0.5, 0.6) is 0 Å². The van der Waals surface area contributed by atoms with E-state index in [0.717, 1.165) is 0 Å². The number of halogens is 1. The predicted octanol–water partition coefficient (Wildman–Crippen LogP) is 1.21. The highest BCUT2D eigenvalue weighted by Gasteiger charge is 2.37. The van der Waals surface area contributed by atoms with E-state index in [9.17, 15) is 8.42 Å². The lowest BCUT2D eigenvalue weighted by Gasteiger charge is -2.36. The second-order valence-electron chi connectivity index (χ2n) is 5.16. The summed E-state index contributed by atoms with van der Waals surface area (Å²) in [5.41, 5.74) is 1.20. The standard InChI is InChI=1S/C12H20BrN3O3S/c1-8-7-19-11(5-13)6-16(8)20(17,18)12-9(2)14-15(4)10(12)3/h8,11H,5-7H2,1-4H3. The molecule has 2 atom stereocenters. The van der Waals surface area contributed by atoms with Crippen molar-refractivity contribution in [3.63, 3.8) is 0 Å². The third-order valence-corrected chi connectivity index (χ3v) is 6.59. The Kier molecular flexibility index (Phi) is 4.58. The molecule has 1 aromatic rings. The lowest BCUT2D eigenvalue weighted by atomic mass is 10.2. The van der Waals surface area contributed by atoms with Gasteiger partial charge in [0.25, 0.3) is 0 Å². The minimum absolute atomic E-state index is 0.113. The maximum Gasteiger partial charge on any atom is 0.247 e. The summed E-state index contributed by atoms with van der Waals surface area (Å²) in [7, 11) is -1.79. The number of aryl methyl sites for hydroxylation is 2. The maximum absolute atomic E-state index is 12.9. The molecule has 0 aromatic carbocycles. The van der Waals surface area contributed by atoms with Crippen molar-refractivity contribution < 1.29 is 13.2 Å². The molecule has 2 heterocycles. The Morgan fingerprint density at radius 3 is 2.60 bits per heavy atom. The van der Waals surface area contributed by atoms with Gasteiger partial charge in [-0.25, -0.2) is 8.42 Å². The topological polar surface area (TPSA) is 64.4 Å². The van der Waals surface area contributed by atoms with Crippen LogP contribution in [0.15, 0.2) is 4.90 Å². The molecule has 1 aliphatic rings. The van der Waals surface area contributed by atoms with Crippen molar-refractivity contribution >= 4 is 26.0 Å². The van der Waals surface area contributed by atoms with E-state index < -0.39 is 10.0 Å². The van der Waals surface area contributed by atoms with Crippen LogP contribution in [0.4, 0.5) is 0 Å². The van der Waals surface area contributed by atoms with Crippen molar-refractivity contribution in [1.29, 1.82) is 0 Å². The summed E-state index contributed by atoms with van der Waals surface area (Å²) in [6.07, 6.45) is -0.113. The maximum atomic E-state index is 12.9. The number of ether oxygens (including phenoxy) is 1. The zero-order valence-corrected chi connectivity index (χ0v) is 14.5.